The summed E-state index contributed by atoms with van der Waals surface area (Å²) >= 11 is 0. The Morgan fingerprint density at radius 3 is 2.25 bits per heavy atom. The number of carboxylic acids is 2. The van der Waals surface area contributed by atoms with Crippen LogP contribution in [0.1, 0.15) is 32.3 Å². The molecule has 0 aliphatic rings. The summed E-state index contributed by atoms with van der Waals surface area (Å²) < 4.78 is 17.9. The number of hydrogen-bond acceptors (Lipinski definition) is 5. The van der Waals surface area contributed by atoms with E-state index in [1.165, 1.54) is 0 Å². The van der Waals surface area contributed by atoms with E-state index in [2.05, 4.69) is 5.32 Å². The van der Waals surface area contributed by atoms with Gasteiger partial charge in [-0.3, -0.25) is 14.2 Å². The standard InChI is InChI=1S/C18H26NO8P/c1-12(2)16(19-18(24)27-10-13-6-4-3-5-7-13)28(25,26)11-14(17(22)23)8-9-15(20)21/h3-7,12,14,16H,8-11H2,1-2H3,(H,19,24)(H,20,21)(H,22,23)(H,25,26)/t14-,16-/m0/s1. The fourth-order valence-electron chi connectivity index (χ4n) is 2.64. The maximum Gasteiger partial charge on any atom is 0.408 e. The number of rotatable bonds is 11. The number of amides is 1. The van der Waals surface area contributed by atoms with Gasteiger partial charge in [0.2, 0.25) is 7.37 Å². The van der Waals surface area contributed by atoms with E-state index in [0.29, 0.717) is 0 Å². The molecule has 0 saturated heterocycles. The molecule has 9 nitrogen and oxygen atoms in total. The second kappa shape index (κ2) is 10.8. The van der Waals surface area contributed by atoms with Crippen molar-refractivity contribution in [3.63, 3.8) is 0 Å². The van der Waals surface area contributed by atoms with Gasteiger partial charge in [0, 0.05) is 12.6 Å². The molecule has 1 rings (SSSR count). The Hall–Kier alpha value is -2.38. The lowest BCUT2D eigenvalue weighted by Crippen LogP contribution is -2.40. The second-order valence-corrected chi connectivity index (χ2v) is 9.23. The molecule has 0 aliphatic carbocycles. The number of hydrogen-bond donors (Lipinski definition) is 4. The molecule has 3 atom stereocenters. The van der Waals surface area contributed by atoms with Gasteiger partial charge < -0.3 is 25.2 Å². The number of ether oxygens (including phenoxy) is 1. The number of benzene rings is 1. The number of carbonyl (C=O) groups excluding carboxylic acids is 1. The zero-order valence-corrected chi connectivity index (χ0v) is 16.7. The molecule has 156 valence electrons. The van der Waals surface area contributed by atoms with Gasteiger partial charge >= 0.3 is 18.0 Å². The highest BCUT2D eigenvalue weighted by molar-refractivity contribution is 7.58. The Bertz CT molecular complexity index is 722. The van der Waals surface area contributed by atoms with Crippen LogP contribution in [0.4, 0.5) is 4.79 Å². The fourth-order valence-corrected chi connectivity index (χ4v) is 5.08. The number of nitrogens with one attached hydrogen (secondary N) is 1. The van der Waals surface area contributed by atoms with Crippen molar-refractivity contribution in [2.75, 3.05) is 6.16 Å². The molecular formula is C18H26NO8P. The SMILES string of the molecule is CC(C)[C@@H](NC(=O)OCc1ccccc1)P(=O)(O)C[C@H](CCC(=O)O)C(=O)O. The van der Waals surface area contributed by atoms with Crippen LogP contribution in [0.15, 0.2) is 30.3 Å². The molecule has 0 bridgehead atoms. The topological polar surface area (TPSA) is 150 Å². The molecule has 1 amide bonds. The van der Waals surface area contributed by atoms with Gasteiger partial charge in [-0.15, -0.1) is 0 Å². The third kappa shape index (κ3) is 8.10. The zero-order valence-electron chi connectivity index (χ0n) is 15.8. The smallest absolute Gasteiger partial charge is 0.408 e. The lowest BCUT2D eigenvalue weighted by Gasteiger charge is -2.28. The van der Waals surface area contributed by atoms with Crippen LogP contribution in [-0.2, 0) is 25.5 Å². The van der Waals surface area contributed by atoms with Gasteiger partial charge in [0.1, 0.15) is 12.4 Å². The van der Waals surface area contributed by atoms with Crippen LogP contribution >= 0.6 is 7.37 Å². The first kappa shape index (κ1) is 23.7. The number of alkyl carbamates (subject to hydrolysis) is 1. The number of aliphatic carboxylic acids is 2. The van der Waals surface area contributed by atoms with Crippen LogP contribution < -0.4 is 5.32 Å². The van der Waals surface area contributed by atoms with E-state index in [0.717, 1.165) is 5.56 Å². The van der Waals surface area contributed by atoms with Gasteiger partial charge in [0.25, 0.3) is 0 Å². The van der Waals surface area contributed by atoms with Gasteiger partial charge in [0.05, 0.1) is 5.92 Å². The molecule has 1 aromatic carbocycles. The first-order chi connectivity index (χ1) is 13.0. The first-order valence-electron chi connectivity index (χ1n) is 8.76. The van der Waals surface area contributed by atoms with E-state index in [4.69, 9.17) is 9.84 Å². The van der Waals surface area contributed by atoms with Crippen LogP contribution in [0.5, 0.6) is 0 Å². The normalized spacial score (nSPS) is 15.3. The largest absolute Gasteiger partial charge is 0.481 e. The maximum absolute atomic E-state index is 12.8. The molecule has 1 unspecified atom stereocenters. The Morgan fingerprint density at radius 2 is 1.75 bits per heavy atom. The predicted octanol–water partition coefficient (Wildman–Crippen LogP) is 2.73. The van der Waals surface area contributed by atoms with Crippen molar-refractivity contribution in [2.45, 2.75) is 39.1 Å². The molecule has 0 spiro atoms. The van der Waals surface area contributed by atoms with Crippen LogP contribution in [0, 0.1) is 11.8 Å². The lowest BCUT2D eigenvalue weighted by atomic mass is 10.1. The Labute approximate surface area is 163 Å². The van der Waals surface area contributed by atoms with Crippen LogP contribution in [0.25, 0.3) is 0 Å². The van der Waals surface area contributed by atoms with Crippen LogP contribution in [0.3, 0.4) is 0 Å². The Balaban J connectivity index is 2.77. The average Bonchev–Trinajstić information content (AvgIpc) is 2.61. The van der Waals surface area contributed by atoms with E-state index in [9.17, 15) is 28.9 Å². The molecule has 0 radical (unpaired) electrons. The van der Waals surface area contributed by atoms with Crippen molar-refractivity contribution in [3.05, 3.63) is 35.9 Å². The first-order valence-corrected chi connectivity index (χ1v) is 10.7. The third-order valence-electron chi connectivity index (χ3n) is 4.08. The fraction of sp³-hybridized carbons (Fsp3) is 0.500. The summed E-state index contributed by atoms with van der Waals surface area (Å²) in [5.41, 5.74) is 0.741. The van der Waals surface area contributed by atoms with E-state index >= 15 is 0 Å². The number of carboxylic acid groups (broad SMARTS) is 2. The summed E-state index contributed by atoms with van der Waals surface area (Å²) in [7, 11) is -4.16. The van der Waals surface area contributed by atoms with Gasteiger partial charge in [-0.05, 0) is 17.9 Å². The minimum atomic E-state index is -4.16. The highest BCUT2D eigenvalue weighted by Gasteiger charge is 2.39. The van der Waals surface area contributed by atoms with Gasteiger partial charge in [-0.1, -0.05) is 44.2 Å². The molecule has 10 heteroatoms. The molecule has 0 aromatic heterocycles. The van der Waals surface area contributed by atoms with E-state index < -0.39 is 55.6 Å². The van der Waals surface area contributed by atoms with Gasteiger partial charge in [0.15, 0.2) is 0 Å². The summed E-state index contributed by atoms with van der Waals surface area (Å²) in [4.78, 5) is 44.5. The van der Waals surface area contributed by atoms with Crippen molar-refractivity contribution in [1.29, 1.82) is 0 Å². The maximum atomic E-state index is 12.8. The van der Waals surface area contributed by atoms with E-state index in [1.807, 2.05) is 6.07 Å². The van der Waals surface area contributed by atoms with Gasteiger partial charge in [-0.25, -0.2) is 4.79 Å². The van der Waals surface area contributed by atoms with Crippen molar-refractivity contribution >= 4 is 25.4 Å². The van der Waals surface area contributed by atoms with Crippen molar-refractivity contribution in [3.8, 4) is 0 Å². The lowest BCUT2D eigenvalue weighted by molar-refractivity contribution is -0.142. The van der Waals surface area contributed by atoms with Crippen LogP contribution in [0.2, 0.25) is 0 Å². The highest BCUT2D eigenvalue weighted by atomic mass is 31.2. The monoisotopic (exact) mass is 415 g/mol. The minimum absolute atomic E-state index is 0.0242. The Kier molecular flexibility index (Phi) is 9.15. The second-order valence-electron chi connectivity index (χ2n) is 6.80. The molecule has 0 aliphatic heterocycles. The minimum Gasteiger partial charge on any atom is -0.481 e. The quantitative estimate of drug-likeness (QED) is 0.403. The van der Waals surface area contributed by atoms with E-state index in [-0.39, 0.29) is 13.0 Å². The third-order valence-corrected chi connectivity index (χ3v) is 6.64. The van der Waals surface area contributed by atoms with E-state index in [1.54, 1.807) is 38.1 Å². The average molecular weight is 415 g/mol. The molecule has 0 heterocycles. The summed E-state index contributed by atoms with van der Waals surface area (Å²) in [6.07, 6.45) is -2.25. The zero-order chi connectivity index (χ0) is 21.3. The highest BCUT2D eigenvalue weighted by Crippen LogP contribution is 2.50. The predicted molar refractivity (Wildman–Crippen MR) is 101 cm³/mol. The van der Waals surface area contributed by atoms with Crippen molar-refractivity contribution < 1.29 is 38.8 Å². The molecular weight excluding hydrogens is 389 g/mol. The Morgan fingerprint density at radius 1 is 1.14 bits per heavy atom. The summed E-state index contributed by atoms with van der Waals surface area (Å²) in [6.45, 7) is 3.19. The summed E-state index contributed by atoms with van der Waals surface area (Å²) in [5.74, 6) is -5.56. The van der Waals surface area contributed by atoms with Crippen molar-refractivity contribution in [1.82, 2.24) is 5.32 Å². The molecule has 0 fully saturated rings. The number of carbonyl (C=O) groups is 3. The molecule has 4 N–H and O–H groups in total. The summed E-state index contributed by atoms with van der Waals surface area (Å²) in [5, 5.41) is 20.3. The molecule has 28 heavy (non-hydrogen) atoms. The molecule has 1 aromatic rings. The summed E-state index contributed by atoms with van der Waals surface area (Å²) in [6, 6.07) is 8.87. The molecule has 0 saturated carbocycles. The van der Waals surface area contributed by atoms with Crippen molar-refractivity contribution in [2.24, 2.45) is 11.8 Å². The van der Waals surface area contributed by atoms with Crippen LogP contribution in [-0.4, -0.2) is 45.1 Å². The van der Waals surface area contributed by atoms with Gasteiger partial charge in [-0.2, -0.15) is 0 Å².